The number of aliphatic hydroxyl groups is 1. The highest BCUT2D eigenvalue weighted by molar-refractivity contribution is 6.02. The summed E-state index contributed by atoms with van der Waals surface area (Å²) >= 11 is 0. The van der Waals surface area contributed by atoms with Crippen molar-refractivity contribution in [2.75, 3.05) is 0 Å². The minimum atomic E-state index is -0.874. The minimum absolute atomic E-state index is 0.234. The molecule has 2 aliphatic rings. The zero-order chi connectivity index (χ0) is 24.9. The minimum Gasteiger partial charge on any atom is -0.383 e. The summed E-state index contributed by atoms with van der Waals surface area (Å²) in [6.45, 7) is 13.9. The number of fused-ring (bicyclic) bond motifs is 3. The summed E-state index contributed by atoms with van der Waals surface area (Å²) in [7, 11) is 0. The highest BCUT2D eigenvalue weighted by Crippen LogP contribution is 2.47. The number of pyridine rings is 2. The van der Waals surface area contributed by atoms with Crippen molar-refractivity contribution in [3.8, 4) is 0 Å². The van der Waals surface area contributed by atoms with E-state index in [9.17, 15) is 5.11 Å². The smallest absolute Gasteiger partial charge is 0.110 e. The molecule has 6 atom stereocenters. The summed E-state index contributed by atoms with van der Waals surface area (Å²) in [5.41, 5.74) is 3.13. The van der Waals surface area contributed by atoms with Gasteiger partial charge in [-0.2, -0.15) is 0 Å². The third kappa shape index (κ3) is 4.50. The predicted octanol–water partition coefficient (Wildman–Crippen LogP) is 8.24. The molecule has 1 N–H and O–H groups in total. The van der Waals surface area contributed by atoms with Gasteiger partial charge in [-0.25, -0.2) is 4.98 Å². The van der Waals surface area contributed by atoms with E-state index in [0.29, 0.717) is 29.6 Å². The van der Waals surface area contributed by atoms with E-state index >= 15 is 0 Å². The van der Waals surface area contributed by atoms with Crippen molar-refractivity contribution in [3.05, 3.63) is 47.8 Å². The molecule has 2 fully saturated rings. The highest BCUT2D eigenvalue weighted by Gasteiger charge is 2.45. The van der Waals surface area contributed by atoms with Crippen molar-refractivity contribution in [2.24, 2.45) is 35.5 Å². The van der Waals surface area contributed by atoms with Crippen LogP contribution in [0.4, 0.5) is 0 Å². The summed E-state index contributed by atoms with van der Waals surface area (Å²) in [4.78, 5) is 10.5. The van der Waals surface area contributed by atoms with Crippen molar-refractivity contribution in [1.82, 2.24) is 9.97 Å². The summed E-state index contributed by atoms with van der Waals surface area (Å²) in [6.07, 6.45) is 6.87. The molecule has 2 heterocycles. The first kappa shape index (κ1) is 24.7. The van der Waals surface area contributed by atoms with Crippen molar-refractivity contribution in [2.45, 2.75) is 91.6 Å². The number of benzene rings is 1. The molecule has 3 heteroatoms. The molecular formula is C32H44N2O. The van der Waals surface area contributed by atoms with Crippen molar-refractivity contribution in [1.29, 1.82) is 0 Å². The molecule has 2 aliphatic carbocycles. The molecule has 4 unspecified atom stereocenters. The highest BCUT2D eigenvalue weighted by atomic mass is 16.3. The van der Waals surface area contributed by atoms with Crippen LogP contribution in [-0.4, -0.2) is 15.1 Å². The maximum absolute atomic E-state index is 12.1. The van der Waals surface area contributed by atoms with Crippen LogP contribution in [0.15, 0.2) is 36.4 Å². The van der Waals surface area contributed by atoms with Crippen LogP contribution < -0.4 is 0 Å². The van der Waals surface area contributed by atoms with Crippen LogP contribution in [-0.2, 0) is 5.60 Å². The summed E-state index contributed by atoms with van der Waals surface area (Å²) < 4.78 is 0. The van der Waals surface area contributed by atoms with Crippen LogP contribution in [0.5, 0.6) is 0 Å². The fraction of sp³-hybridized carbons (Fsp3) is 0.625. The first-order chi connectivity index (χ1) is 16.7. The number of hydrogen-bond donors (Lipinski definition) is 1. The SMILES string of the molecule is CC1CCC(C(C)C)C(O)(c2ccc3ccc4ccc(C5C[C@H](C)CC[C@H]5C(C)C)nc4c3n2)C1. The molecule has 2 saturated carbocycles. The predicted molar refractivity (Wildman–Crippen MR) is 146 cm³/mol. The zero-order valence-corrected chi connectivity index (χ0v) is 22.6. The lowest BCUT2D eigenvalue weighted by molar-refractivity contribution is -0.0894. The summed E-state index contributed by atoms with van der Waals surface area (Å²) in [6, 6.07) is 13.1. The van der Waals surface area contributed by atoms with Gasteiger partial charge in [0.25, 0.3) is 0 Å². The van der Waals surface area contributed by atoms with Crippen molar-refractivity contribution in [3.63, 3.8) is 0 Å². The standard InChI is InChI=1S/C32H44N2O/c1-19(2)25-13-7-21(5)17-26(25)28-15-11-23-9-10-24-12-16-29(34-31(24)30(23)33-28)32(35)18-22(6)8-14-27(32)20(3)4/h9-12,15-16,19-22,25-27,35H,7-8,13-14,17-18H2,1-6H3/t21-,22?,25+,26?,27?,32?/m1/s1. The van der Waals surface area contributed by atoms with Crippen LogP contribution in [0.1, 0.15) is 97.4 Å². The van der Waals surface area contributed by atoms with E-state index in [-0.39, 0.29) is 5.92 Å². The van der Waals surface area contributed by atoms with Crippen LogP contribution in [0.2, 0.25) is 0 Å². The molecule has 0 aliphatic heterocycles. The lowest BCUT2D eigenvalue weighted by Gasteiger charge is -2.44. The molecule has 0 amide bonds. The molecule has 5 rings (SSSR count). The molecule has 0 radical (unpaired) electrons. The molecule has 2 aromatic heterocycles. The monoisotopic (exact) mass is 472 g/mol. The van der Waals surface area contributed by atoms with Gasteiger partial charge in [-0.15, -0.1) is 0 Å². The number of aromatic nitrogens is 2. The van der Waals surface area contributed by atoms with Crippen molar-refractivity contribution < 1.29 is 5.11 Å². The molecule has 35 heavy (non-hydrogen) atoms. The van der Waals surface area contributed by atoms with Gasteiger partial charge in [0.15, 0.2) is 0 Å². The Balaban J connectivity index is 1.63. The number of nitrogens with zero attached hydrogens (tertiary/aromatic N) is 2. The van der Waals surface area contributed by atoms with Crippen molar-refractivity contribution >= 4 is 21.8 Å². The first-order valence-electron chi connectivity index (χ1n) is 14.1. The van der Waals surface area contributed by atoms with E-state index in [1.165, 1.54) is 31.4 Å². The molecule has 0 saturated heterocycles. The number of rotatable bonds is 4. The van der Waals surface area contributed by atoms with E-state index < -0.39 is 5.60 Å². The maximum Gasteiger partial charge on any atom is 0.110 e. The van der Waals surface area contributed by atoms with E-state index in [0.717, 1.165) is 46.3 Å². The topological polar surface area (TPSA) is 46.0 Å². The lowest BCUT2D eigenvalue weighted by Crippen LogP contribution is -2.43. The first-order valence-corrected chi connectivity index (χ1v) is 14.1. The molecule has 3 nitrogen and oxygen atoms in total. The Hall–Kier alpha value is -2.00. The van der Waals surface area contributed by atoms with Gasteiger partial charge in [-0.05, 0) is 73.3 Å². The van der Waals surface area contributed by atoms with Gasteiger partial charge in [-0.3, -0.25) is 4.98 Å². The third-order valence-electron chi connectivity index (χ3n) is 9.44. The second-order valence-corrected chi connectivity index (χ2v) is 12.7. The third-order valence-corrected chi connectivity index (χ3v) is 9.44. The Kier molecular flexibility index (Phi) is 6.68. The molecule has 3 aromatic rings. The normalized spacial score (nSPS) is 32.1. The summed E-state index contributed by atoms with van der Waals surface area (Å²) in [5, 5.41) is 14.3. The van der Waals surface area contributed by atoms with E-state index in [2.05, 4.69) is 77.9 Å². The van der Waals surface area contributed by atoms with E-state index in [1.54, 1.807) is 0 Å². The van der Waals surface area contributed by atoms with E-state index in [4.69, 9.17) is 9.97 Å². The van der Waals surface area contributed by atoms with Crippen LogP contribution in [0.25, 0.3) is 21.8 Å². The van der Waals surface area contributed by atoms with Gasteiger partial charge in [-0.1, -0.05) is 78.6 Å². The van der Waals surface area contributed by atoms with Gasteiger partial charge >= 0.3 is 0 Å². The van der Waals surface area contributed by atoms with E-state index in [1.807, 2.05) is 0 Å². The fourth-order valence-corrected chi connectivity index (χ4v) is 7.44. The van der Waals surface area contributed by atoms with Crippen LogP contribution in [0.3, 0.4) is 0 Å². The average Bonchev–Trinajstić information content (AvgIpc) is 2.82. The molecule has 0 bridgehead atoms. The second-order valence-electron chi connectivity index (χ2n) is 12.7. The Morgan fingerprint density at radius 2 is 1.40 bits per heavy atom. The van der Waals surface area contributed by atoms with Gasteiger partial charge in [0.2, 0.25) is 0 Å². The molecular weight excluding hydrogens is 428 g/mol. The molecule has 0 spiro atoms. The second kappa shape index (κ2) is 9.47. The van der Waals surface area contributed by atoms with Gasteiger partial charge in [0, 0.05) is 22.4 Å². The quantitative estimate of drug-likeness (QED) is 0.389. The molecule has 188 valence electrons. The maximum atomic E-state index is 12.1. The largest absolute Gasteiger partial charge is 0.383 e. The Morgan fingerprint density at radius 1 is 0.771 bits per heavy atom. The van der Waals surface area contributed by atoms with Crippen LogP contribution >= 0.6 is 0 Å². The number of hydrogen-bond acceptors (Lipinski definition) is 3. The zero-order valence-electron chi connectivity index (χ0n) is 22.6. The summed E-state index contributed by atoms with van der Waals surface area (Å²) in [5.74, 6) is 3.77. The Morgan fingerprint density at radius 3 is 2.09 bits per heavy atom. The molecule has 1 aromatic carbocycles. The fourth-order valence-electron chi connectivity index (χ4n) is 7.44. The average molecular weight is 473 g/mol. The Labute approximate surface area is 211 Å². The van der Waals surface area contributed by atoms with Gasteiger partial charge in [0.05, 0.1) is 16.7 Å². The Bertz CT molecular complexity index is 1200. The van der Waals surface area contributed by atoms with Crippen LogP contribution in [0, 0.1) is 35.5 Å². The van der Waals surface area contributed by atoms with Gasteiger partial charge < -0.3 is 5.11 Å². The lowest BCUT2D eigenvalue weighted by atomic mass is 9.65. The van der Waals surface area contributed by atoms with Gasteiger partial charge in [0.1, 0.15) is 5.60 Å².